The van der Waals surface area contributed by atoms with Crippen LogP contribution in [-0.2, 0) is 0 Å². The lowest BCUT2D eigenvalue weighted by molar-refractivity contribution is -0.0562. The number of fused-ring (bicyclic) bond motifs is 4. The van der Waals surface area contributed by atoms with Gasteiger partial charge in [0.05, 0.1) is 18.2 Å². The second-order valence-corrected chi connectivity index (χ2v) is 7.47. The van der Waals surface area contributed by atoms with Crippen molar-refractivity contribution in [1.29, 1.82) is 0 Å². The first-order valence-corrected chi connectivity index (χ1v) is 9.64. The molecular formula is C21H28N2O2. The van der Waals surface area contributed by atoms with Gasteiger partial charge in [0.2, 0.25) is 0 Å². The molecule has 3 aliphatic heterocycles. The molecule has 4 heterocycles. The first kappa shape index (κ1) is 16.8. The summed E-state index contributed by atoms with van der Waals surface area (Å²) in [6.45, 7) is 7.18. The fourth-order valence-corrected chi connectivity index (χ4v) is 4.84. The number of benzene rings is 1. The third-order valence-electron chi connectivity index (χ3n) is 6.20. The number of ether oxygens (including phenoxy) is 1. The molecule has 3 aliphatic rings. The van der Waals surface area contributed by atoms with E-state index < -0.39 is 6.10 Å². The van der Waals surface area contributed by atoms with Gasteiger partial charge in [0.15, 0.2) is 0 Å². The van der Waals surface area contributed by atoms with Gasteiger partial charge >= 0.3 is 0 Å². The number of nitrogens with zero attached hydrogens (tertiary/aromatic N) is 2. The number of aliphatic hydroxyl groups excluding tert-OH is 1. The summed E-state index contributed by atoms with van der Waals surface area (Å²) < 4.78 is 5.65. The highest BCUT2D eigenvalue weighted by Gasteiger charge is 2.42. The predicted octanol–water partition coefficient (Wildman–Crippen LogP) is 3.79. The summed E-state index contributed by atoms with van der Waals surface area (Å²) in [5.74, 6) is 2.41. The van der Waals surface area contributed by atoms with Crippen molar-refractivity contribution >= 4 is 10.9 Å². The minimum absolute atomic E-state index is 0.225. The van der Waals surface area contributed by atoms with Crippen LogP contribution in [0.4, 0.5) is 0 Å². The van der Waals surface area contributed by atoms with Crippen molar-refractivity contribution in [3.05, 3.63) is 36.0 Å². The van der Waals surface area contributed by atoms with Crippen LogP contribution < -0.4 is 4.74 Å². The van der Waals surface area contributed by atoms with Gasteiger partial charge in [-0.05, 0) is 68.0 Å². The Labute approximate surface area is 149 Å². The predicted molar refractivity (Wildman–Crippen MR) is 99.7 cm³/mol. The summed E-state index contributed by atoms with van der Waals surface area (Å²) in [5.41, 5.74) is 1.90. The highest BCUT2D eigenvalue weighted by atomic mass is 16.5. The van der Waals surface area contributed by atoms with Crippen molar-refractivity contribution in [2.45, 2.75) is 45.3 Å². The SMILES string of the molecule is CCOc1ccc2nccc([C@H](O)[C@H]3C[C@@H]4CCN3C[C@@H]4CC)c2c1. The third kappa shape index (κ3) is 3.02. The molecule has 4 heteroatoms. The minimum Gasteiger partial charge on any atom is -0.494 e. The number of piperidine rings is 3. The lowest BCUT2D eigenvalue weighted by atomic mass is 9.72. The van der Waals surface area contributed by atoms with Crippen molar-refractivity contribution in [2.24, 2.45) is 11.8 Å². The second-order valence-electron chi connectivity index (χ2n) is 7.47. The summed E-state index contributed by atoms with van der Waals surface area (Å²) >= 11 is 0. The van der Waals surface area contributed by atoms with E-state index in [1.54, 1.807) is 0 Å². The molecule has 1 aromatic carbocycles. The first-order chi connectivity index (χ1) is 12.2. The lowest BCUT2D eigenvalue weighted by Gasteiger charge is -2.51. The van der Waals surface area contributed by atoms with Crippen LogP contribution in [0.5, 0.6) is 5.75 Å². The molecule has 1 aromatic heterocycles. The van der Waals surface area contributed by atoms with Gasteiger partial charge in [0, 0.05) is 24.2 Å². The fraction of sp³-hybridized carbons (Fsp3) is 0.571. The van der Waals surface area contributed by atoms with E-state index in [1.165, 1.54) is 12.8 Å². The Hall–Kier alpha value is -1.65. The molecule has 0 saturated carbocycles. The lowest BCUT2D eigenvalue weighted by Crippen LogP contribution is -2.55. The van der Waals surface area contributed by atoms with Gasteiger partial charge in [0.1, 0.15) is 5.75 Å². The van der Waals surface area contributed by atoms with Crippen LogP contribution in [0.2, 0.25) is 0 Å². The first-order valence-electron chi connectivity index (χ1n) is 9.64. The van der Waals surface area contributed by atoms with Crippen LogP contribution >= 0.6 is 0 Å². The molecule has 134 valence electrons. The van der Waals surface area contributed by atoms with Gasteiger partial charge in [-0.25, -0.2) is 0 Å². The average Bonchev–Trinajstić information content (AvgIpc) is 2.67. The monoisotopic (exact) mass is 340 g/mol. The molecule has 0 radical (unpaired) electrons. The van der Waals surface area contributed by atoms with E-state index in [2.05, 4.69) is 16.8 Å². The highest BCUT2D eigenvalue weighted by molar-refractivity contribution is 5.83. The Balaban J connectivity index is 1.66. The average molecular weight is 340 g/mol. The number of aromatic nitrogens is 1. The smallest absolute Gasteiger partial charge is 0.120 e. The highest BCUT2D eigenvalue weighted by Crippen LogP contribution is 2.42. The molecular weight excluding hydrogens is 312 g/mol. The van der Waals surface area contributed by atoms with Crippen LogP contribution in [0.3, 0.4) is 0 Å². The van der Waals surface area contributed by atoms with E-state index in [0.717, 1.165) is 53.6 Å². The summed E-state index contributed by atoms with van der Waals surface area (Å²) in [4.78, 5) is 6.98. The minimum atomic E-state index is -0.469. The zero-order valence-corrected chi connectivity index (χ0v) is 15.2. The summed E-state index contributed by atoms with van der Waals surface area (Å²) in [7, 11) is 0. The molecule has 0 aliphatic carbocycles. The normalized spacial score (nSPS) is 29.7. The van der Waals surface area contributed by atoms with Crippen molar-refractivity contribution in [3.8, 4) is 5.75 Å². The molecule has 0 amide bonds. The number of hydrogen-bond donors (Lipinski definition) is 1. The number of pyridine rings is 1. The Morgan fingerprint density at radius 2 is 2.20 bits per heavy atom. The van der Waals surface area contributed by atoms with Gasteiger partial charge in [0.25, 0.3) is 0 Å². The van der Waals surface area contributed by atoms with Crippen molar-refractivity contribution in [1.82, 2.24) is 9.88 Å². The molecule has 1 N–H and O–H groups in total. The van der Waals surface area contributed by atoms with Gasteiger partial charge in [-0.3, -0.25) is 9.88 Å². The molecule has 0 spiro atoms. The van der Waals surface area contributed by atoms with E-state index in [-0.39, 0.29) is 6.04 Å². The van der Waals surface area contributed by atoms with E-state index in [9.17, 15) is 5.11 Å². The molecule has 2 bridgehead atoms. The maximum atomic E-state index is 11.2. The number of hydrogen-bond acceptors (Lipinski definition) is 4. The Kier molecular flexibility index (Phi) is 4.65. The van der Waals surface area contributed by atoms with Crippen LogP contribution in [0.1, 0.15) is 44.8 Å². The Morgan fingerprint density at radius 1 is 1.32 bits per heavy atom. The van der Waals surface area contributed by atoms with Gasteiger partial charge < -0.3 is 9.84 Å². The molecule has 3 fully saturated rings. The summed E-state index contributed by atoms with van der Waals surface area (Å²) in [6.07, 6.45) is 4.98. The van der Waals surface area contributed by atoms with Gasteiger partial charge in [-0.15, -0.1) is 0 Å². The maximum absolute atomic E-state index is 11.2. The van der Waals surface area contributed by atoms with E-state index in [4.69, 9.17) is 4.74 Å². The van der Waals surface area contributed by atoms with Crippen LogP contribution in [-0.4, -0.2) is 40.7 Å². The molecule has 2 aromatic rings. The second kappa shape index (κ2) is 6.93. The Bertz CT molecular complexity index is 748. The van der Waals surface area contributed by atoms with E-state index >= 15 is 0 Å². The zero-order valence-electron chi connectivity index (χ0n) is 15.2. The molecule has 1 unspecified atom stereocenters. The summed E-state index contributed by atoms with van der Waals surface area (Å²) in [5, 5.41) is 12.2. The van der Waals surface area contributed by atoms with Gasteiger partial charge in [-0.2, -0.15) is 0 Å². The van der Waals surface area contributed by atoms with E-state index in [0.29, 0.717) is 6.61 Å². The Morgan fingerprint density at radius 3 is 2.92 bits per heavy atom. The van der Waals surface area contributed by atoms with Crippen molar-refractivity contribution < 1.29 is 9.84 Å². The topological polar surface area (TPSA) is 45.6 Å². The summed E-state index contributed by atoms with van der Waals surface area (Å²) in [6, 6.07) is 8.16. The van der Waals surface area contributed by atoms with Gasteiger partial charge in [-0.1, -0.05) is 13.3 Å². The fourth-order valence-electron chi connectivity index (χ4n) is 4.84. The van der Waals surface area contributed by atoms with Crippen LogP contribution in [0.15, 0.2) is 30.5 Å². The maximum Gasteiger partial charge on any atom is 0.120 e. The van der Waals surface area contributed by atoms with E-state index in [1.807, 2.05) is 37.4 Å². The quantitative estimate of drug-likeness (QED) is 0.899. The number of aliphatic hydroxyl groups is 1. The largest absolute Gasteiger partial charge is 0.494 e. The van der Waals surface area contributed by atoms with Crippen LogP contribution in [0.25, 0.3) is 10.9 Å². The molecule has 5 atom stereocenters. The molecule has 25 heavy (non-hydrogen) atoms. The third-order valence-corrected chi connectivity index (χ3v) is 6.20. The van der Waals surface area contributed by atoms with Crippen molar-refractivity contribution in [2.75, 3.05) is 19.7 Å². The zero-order chi connectivity index (χ0) is 17.4. The molecule has 3 saturated heterocycles. The molecule has 4 nitrogen and oxygen atoms in total. The standard InChI is InChI=1S/C21H28N2O2/c1-3-14-13-23-10-8-15(14)11-20(23)21(24)17-7-9-22-19-6-5-16(25-4-2)12-18(17)19/h5-7,9,12,14-15,20-21,24H,3-4,8,10-11,13H2,1-2H3/t14-,15-,20+,21-/m0/s1. The van der Waals surface area contributed by atoms with Crippen LogP contribution in [0, 0.1) is 11.8 Å². The number of rotatable bonds is 5. The van der Waals surface area contributed by atoms with Crippen molar-refractivity contribution in [3.63, 3.8) is 0 Å². The molecule has 5 rings (SSSR count).